The Labute approximate surface area is 128 Å². The highest BCUT2D eigenvalue weighted by atomic mass is 35.5. The summed E-state index contributed by atoms with van der Waals surface area (Å²) in [6.07, 6.45) is 4.56. The van der Waals surface area contributed by atoms with Crippen molar-refractivity contribution >= 4 is 22.6 Å². The first-order valence-corrected chi connectivity index (χ1v) is 7.33. The van der Waals surface area contributed by atoms with Crippen molar-refractivity contribution in [3.8, 4) is 5.75 Å². The zero-order valence-corrected chi connectivity index (χ0v) is 12.5. The van der Waals surface area contributed by atoms with Crippen molar-refractivity contribution in [1.29, 1.82) is 0 Å². The lowest BCUT2D eigenvalue weighted by atomic mass is 10.2. The molecule has 0 bridgehead atoms. The number of benzene rings is 1. The summed E-state index contributed by atoms with van der Waals surface area (Å²) in [5, 5.41) is 0. The second-order valence-electron chi connectivity index (χ2n) is 4.78. The molecule has 0 radical (unpaired) electrons. The van der Waals surface area contributed by atoms with E-state index in [0.29, 0.717) is 5.88 Å². The zero-order valence-electron chi connectivity index (χ0n) is 11.8. The highest BCUT2D eigenvalue weighted by Crippen LogP contribution is 2.23. The van der Waals surface area contributed by atoms with Gasteiger partial charge in [-0.25, -0.2) is 4.98 Å². The third-order valence-corrected chi connectivity index (χ3v) is 3.74. The van der Waals surface area contributed by atoms with Crippen molar-refractivity contribution in [2.45, 2.75) is 18.8 Å². The van der Waals surface area contributed by atoms with E-state index in [0.717, 1.165) is 35.6 Å². The molecule has 0 spiro atoms. The summed E-state index contributed by atoms with van der Waals surface area (Å²) in [6.45, 7) is 0.817. The maximum absolute atomic E-state index is 6.03. The van der Waals surface area contributed by atoms with E-state index in [1.807, 2.05) is 30.5 Å². The van der Waals surface area contributed by atoms with Gasteiger partial charge in [-0.3, -0.25) is 4.98 Å². The summed E-state index contributed by atoms with van der Waals surface area (Å²) < 4.78 is 7.45. The largest absolute Gasteiger partial charge is 0.497 e. The topological polar surface area (TPSA) is 39.9 Å². The second kappa shape index (κ2) is 6.14. The van der Waals surface area contributed by atoms with Gasteiger partial charge in [-0.15, -0.1) is 11.6 Å². The molecular weight excluding hydrogens is 286 g/mol. The molecule has 0 amide bonds. The fourth-order valence-electron chi connectivity index (χ4n) is 2.42. The Morgan fingerprint density at radius 1 is 1.29 bits per heavy atom. The van der Waals surface area contributed by atoms with Crippen LogP contribution in [0.25, 0.3) is 11.0 Å². The van der Waals surface area contributed by atoms with Gasteiger partial charge in [0.2, 0.25) is 0 Å². The van der Waals surface area contributed by atoms with Gasteiger partial charge in [0, 0.05) is 25.0 Å². The summed E-state index contributed by atoms with van der Waals surface area (Å²) in [6, 6.07) is 9.91. The second-order valence-corrected chi connectivity index (χ2v) is 5.05. The van der Waals surface area contributed by atoms with Crippen molar-refractivity contribution in [2.75, 3.05) is 7.11 Å². The lowest BCUT2D eigenvalue weighted by Crippen LogP contribution is -2.05. The van der Waals surface area contributed by atoms with Crippen LogP contribution in [0.5, 0.6) is 5.75 Å². The maximum atomic E-state index is 6.03. The fourth-order valence-corrected chi connectivity index (χ4v) is 2.62. The molecule has 0 aliphatic heterocycles. The molecule has 0 unspecified atom stereocenters. The summed E-state index contributed by atoms with van der Waals surface area (Å²) in [5.74, 6) is 2.10. The Bertz CT molecular complexity index is 740. The third-order valence-electron chi connectivity index (χ3n) is 3.50. The van der Waals surface area contributed by atoms with Crippen LogP contribution in [0.1, 0.15) is 11.4 Å². The molecule has 0 saturated heterocycles. The quantitative estimate of drug-likeness (QED) is 0.678. The number of nitrogens with zero attached hydrogens (tertiary/aromatic N) is 3. The van der Waals surface area contributed by atoms with Crippen molar-refractivity contribution in [1.82, 2.24) is 14.5 Å². The summed E-state index contributed by atoms with van der Waals surface area (Å²) in [7, 11) is 1.67. The number of rotatable bonds is 5. The van der Waals surface area contributed by atoms with Crippen LogP contribution in [0.4, 0.5) is 0 Å². The Kier molecular flexibility index (Phi) is 4.06. The van der Waals surface area contributed by atoms with Gasteiger partial charge in [0.1, 0.15) is 11.6 Å². The first kappa shape index (κ1) is 13.9. The minimum atomic E-state index is 0.393. The molecular formula is C16H16ClN3O. The number of hydrogen-bond acceptors (Lipinski definition) is 3. The van der Waals surface area contributed by atoms with E-state index in [1.165, 1.54) is 5.56 Å². The van der Waals surface area contributed by atoms with Crippen LogP contribution in [-0.4, -0.2) is 21.6 Å². The Morgan fingerprint density at radius 3 is 2.90 bits per heavy atom. The van der Waals surface area contributed by atoms with Crippen LogP contribution in [0.3, 0.4) is 0 Å². The number of halogens is 1. The monoisotopic (exact) mass is 301 g/mol. The van der Waals surface area contributed by atoms with Crippen LogP contribution in [0.2, 0.25) is 0 Å². The van der Waals surface area contributed by atoms with E-state index in [-0.39, 0.29) is 0 Å². The predicted octanol–water partition coefficient (Wildman–Crippen LogP) is 3.42. The molecule has 0 saturated carbocycles. The van der Waals surface area contributed by atoms with E-state index in [4.69, 9.17) is 16.3 Å². The molecule has 3 rings (SSSR count). The Hall–Kier alpha value is -2.07. The lowest BCUT2D eigenvalue weighted by molar-refractivity contribution is 0.415. The van der Waals surface area contributed by atoms with Gasteiger partial charge < -0.3 is 9.30 Å². The molecule has 3 aromatic rings. The zero-order chi connectivity index (χ0) is 14.7. The molecule has 2 heterocycles. The summed E-state index contributed by atoms with van der Waals surface area (Å²) in [4.78, 5) is 8.72. The van der Waals surface area contributed by atoms with Crippen LogP contribution in [0, 0.1) is 0 Å². The number of aromatic nitrogens is 3. The molecule has 21 heavy (non-hydrogen) atoms. The summed E-state index contributed by atoms with van der Waals surface area (Å²) in [5.41, 5.74) is 3.19. The van der Waals surface area contributed by atoms with Gasteiger partial charge in [0.05, 0.1) is 24.0 Å². The van der Waals surface area contributed by atoms with Crippen molar-refractivity contribution in [3.63, 3.8) is 0 Å². The van der Waals surface area contributed by atoms with Crippen LogP contribution >= 0.6 is 11.6 Å². The smallest absolute Gasteiger partial charge is 0.124 e. The molecule has 4 nitrogen and oxygen atoms in total. The van der Waals surface area contributed by atoms with Gasteiger partial charge in [-0.2, -0.15) is 0 Å². The van der Waals surface area contributed by atoms with E-state index in [1.54, 1.807) is 13.3 Å². The fraction of sp³-hybridized carbons (Fsp3) is 0.250. The van der Waals surface area contributed by atoms with Gasteiger partial charge in [0.15, 0.2) is 0 Å². The SMILES string of the molecule is COc1ccc2nc(CCl)n(CCc3cccnc3)c2c1. The summed E-state index contributed by atoms with van der Waals surface area (Å²) >= 11 is 6.03. The molecule has 2 aromatic heterocycles. The lowest BCUT2D eigenvalue weighted by Gasteiger charge is -2.08. The average Bonchev–Trinajstić information content (AvgIpc) is 2.90. The van der Waals surface area contributed by atoms with Crippen LogP contribution in [0.15, 0.2) is 42.7 Å². The van der Waals surface area contributed by atoms with E-state index >= 15 is 0 Å². The van der Waals surface area contributed by atoms with Gasteiger partial charge in [-0.05, 0) is 30.2 Å². The third kappa shape index (κ3) is 2.85. The first-order chi connectivity index (χ1) is 10.3. The normalized spacial score (nSPS) is 11.0. The number of ether oxygens (including phenoxy) is 1. The highest BCUT2D eigenvalue weighted by molar-refractivity contribution is 6.16. The standard InChI is InChI=1S/C16H16ClN3O/c1-21-13-4-5-14-15(9-13)20(16(10-17)19-14)8-6-12-3-2-7-18-11-12/h2-5,7,9,11H,6,8,10H2,1H3. The number of hydrogen-bond donors (Lipinski definition) is 0. The predicted molar refractivity (Wildman–Crippen MR) is 83.8 cm³/mol. The van der Waals surface area contributed by atoms with Gasteiger partial charge >= 0.3 is 0 Å². The molecule has 5 heteroatoms. The van der Waals surface area contributed by atoms with E-state index in [2.05, 4.69) is 20.6 Å². The van der Waals surface area contributed by atoms with Gasteiger partial charge in [0.25, 0.3) is 0 Å². The first-order valence-electron chi connectivity index (χ1n) is 6.80. The number of imidazole rings is 1. The van der Waals surface area contributed by atoms with Crippen LogP contribution in [-0.2, 0) is 18.8 Å². The van der Waals surface area contributed by atoms with Crippen molar-refractivity contribution < 1.29 is 4.74 Å². The molecule has 0 N–H and O–H groups in total. The Balaban J connectivity index is 1.95. The van der Waals surface area contributed by atoms with Crippen molar-refractivity contribution in [3.05, 3.63) is 54.1 Å². The molecule has 108 valence electrons. The molecule has 0 fully saturated rings. The van der Waals surface area contributed by atoms with E-state index < -0.39 is 0 Å². The van der Waals surface area contributed by atoms with Gasteiger partial charge in [-0.1, -0.05) is 6.07 Å². The average molecular weight is 302 g/mol. The molecule has 0 atom stereocenters. The highest BCUT2D eigenvalue weighted by Gasteiger charge is 2.11. The molecule has 0 aliphatic carbocycles. The number of fused-ring (bicyclic) bond motifs is 1. The number of aryl methyl sites for hydroxylation is 2. The maximum Gasteiger partial charge on any atom is 0.124 e. The molecule has 0 aliphatic rings. The Morgan fingerprint density at radius 2 is 2.19 bits per heavy atom. The number of pyridine rings is 1. The van der Waals surface area contributed by atoms with E-state index in [9.17, 15) is 0 Å². The van der Waals surface area contributed by atoms with Crippen molar-refractivity contribution in [2.24, 2.45) is 0 Å². The van der Waals surface area contributed by atoms with Crippen LogP contribution < -0.4 is 4.74 Å². The molecule has 1 aromatic carbocycles. The minimum Gasteiger partial charge on any atom is -0.497 e. The number of methoxy groups -OCH3 is 1. The number of alkyl halides is 1. The minimum absolute atomic E-state index is 0.393.